The molecule has 3 heterocycles. The fourth-order valence-electron chi connectivity index (χ4n) is 2.99. The standard InChI is InChI=1S/C16H21N5O/c1-19(2)15-14(7-3-8-17-15)16(22)21-11-4-6-13(21)12-20-10-5-9-18-20/h3,5,7-10,13H,4,6,11-12H2,1-2H3. The van der Waals surface area contributed by atoms with Crippen molar-refractivity contribution in [2.45, 2.75) is 25.4 Å². The van der Waals surface area contributed by atoms with Crippen molar-refractivity contribution in [2.24, 2.45) is 0 Å². The molecule has 0 N–H and O–H groups in total. The number of nitrogens with zero attached hydrogens (tertiary/aromatic N) is 5. The SMILES string of the molecule is CN(C)c1ncccc1C(=O)N1CCCC1Cn1cccn1. The van der Waals surface area contributed by atoms with Crippen molar-refractivity contribution in [3.8, 4) is 0 Å². The van der Waals surface area contributed by atoms with Gasteiger partial charge in [0.2, 0.25) is 0 Å². The molecule has 1 aliphatic rings. The highest BCUT2D eigenvalue weighted by molar-refractivity contribution is 5.99. The third-order valence-corrected chi connectivity index (χ3v) is 4.04. The van der Waals surface area contributed by atoms with Crippen LogP contribution in [0.2, 0.25) is 0 Å². The second-order valence-electron chi connectivity index (χ2n) is 5.79. The second kappa shape index (κ2) is 6.17. The molecule has 22 heavy (non-hydrogen) atoms. The monoisotopic (exact) mass is 299 g/mol. The van der Waals surface area contributed by atoms with E-state index in [2.05, 4.69) is 10.1 Å². The largest absolute Gasteiger partial charge is 0.362 e. The first-order chi connectivity index (χ1) is 10.7. The van der Waals surface area contributed by atoms with Crippen LogP contribution in [-0.2, 0) is 6.54 Å². The lowest BCUT2D eigenvalue weighted by molar-refractivity contribution is 0.0722. The molecule has 0 spiro atoms. The first kappa shape index (κ1) is 14.6. The predicted octanol–water partition coefficient (Wildman–Crippen LogP) is 1.65. The van der Waals surface area contributed by atoms with Crippen LogP contribution in [0.4, 0.5) is 5.82 Å². The van der Waals surface area contributed by atoms with Crippen LogP contribution in [0.3, 0.4) is 0 Å². The molecule has 3 rings (SSSR count). The third-order valence-electron chi connectivity index (χ3n) is 4.04. The molecule has 2 aromatic heterocycles. The zero-order valence-electron chi connectivity index (χ0n) is 13.0. The van der Waals surface area contributed by atoms with Crippen LogP contribution in [0.15, 0.2) is 36.8 Å². The van der Waals surface area contributed by atoms with Crippen molar-refractivity contribution in [2.75, 3.05) is 25.5 Å². The minimum Gasteiger partial charge on any atom is -0.362 e. The van der Waals surface area contributed by atoms with Gasteiger partial charge in [-0.25, -0.2) is 4.98 Å². The molecule has 0 radical (unpaired) electrons. The normalized spacial score (nSPS) is 17.7. The molecule has 1 saturated heterocycles. The van der Waals surface area contributed by atoms with Gasteiger partial charge in [0.05, 0.1) is 18.2 Å². The van der Waals surface area contributed by atoms with Crippen molar-refractivity contribution in [1.29, 1.82) is 0 Å². The van der Waals surface area contributed by atoms with Crippen molar-refractivity contribution in [1.82, 2.24) is 19.7 Å². The summed E-state index contributed by atoms with van der Waals surface area (Å²) >= 11 is 0. The topological polar surface area (TPSA) is 54.3 Å². The van der Waals surface area contributed by atoms with Crippen LogP contribution in [0.5, 0.6) is 0 Å². The summed E-state index contributed by atoms with van der Waals surface area (Å²) in [5.74, 6) is 0.781. The van der Waals surface area contributed by atoms with E-state index in [0.717, 1.165) is 31.7 Å². The Bertz CT molecular complexity index is 638. The summed E-state index contributed by atoms with van der Waals surface area (Å²) in [7, 11) is 3.81. The fraction of sp³-hybridized carbons (Fsp3) is 0.438. The number of rotatable bonds is 4. The molecule has 0 aliphatic carbocycles. The lowest BCUT2D eigenvalue weighted by Gasteiger charge is -2.26. The Balaban J connectivity index is 1.82. The zero-order valence-corrected chi connectivity index (χ0v) is 13.0. The van der Waals surface area contributed by atoms with Crippen molar-refractivity contribution < 1.29 is 4.79 Å². The molecule has 1 unspecified atom stereocenters. The minimum atomic E-state index is 0.0615. The summed E-state index contributed by atoms with van der Waals surface area (Å²) < 4.78 is 1.90. The van der Waals surface area contributed by atoms with Gasteiger partial charge < -0.3 is 9.80 Å². The van der Waals surface area contributed by atoms with E-state index in [1.165, 1.54) is 0 Å². The Hall–Kier alpha value is -2.37. The van der Waals surface area contributed by atoms with Gasteiger partial charge in [0, 0.05) is 39.2 Å². The first-order valence-corrected chi connectivity index (χ1v) is 7.57. The molecule has 0 bridgehead atoms. The quantitative estimate of drug-likeness (QED) is 0.861. The number of likely N-dealkylation sites (tertiary alicyclic amines) is 1. The van der Waals surface area contributed by atoms with Crippen LogP contribution < -0.4 is 4.90 Å². The van der Waals surface area contributed by atoms with Crippen LogP contribution in [0, 0.1) is 0 Å². The average Bonchev–Trinajstić information content (AvgIpc) is 3.19. The van der Waals surface area contributed by atoms with Gasteiger partial charge in [-0.15, -0.1) is 0 Å². The van der Waals surface area contributed by atoms with Gasteiger partial charge >= 0.3 is 0 Å². The van der Waals surface area contributed by atoms with Crippen LogP contribution in [-0.4, -0.2) is 52.3 Å². The van der Waals surface area contributed by atoms with E-state index in [1.54, 1.807) is 12.4 Å². The maximum absolute atomic E-state index is 12.9. The summed E-state index contributed by atoms with van der Waals surface area (Å²) in [6.45, 7) is 1.54. The Kier molecular flexibility index (Phi) is 4.09. The fourth-order valence-corrected chi connectivity index (χ4v) is 2.99. The molecule has 116 valence electrons. The van der Waals surface area contributed by atoms with E-state index >= 15 is 0 Å². The number of carbonyl (C=O) groups is 1. The molecule has 6 heteroatoms. The molecular weight excluding hydrogens is 278 g/mol. The highest BCUT2D eigenvalue weighted by atomic mass is 16.2. The Morgan fingerprint density at radius 2 is 2.23 bits per heavy atom. The predicted molar refractivity (Wildman–Crippen MR) is 84.8 cm³/mol. The highest BCUT2D eigenvalue weighted by Gasteiger charge is 2.31. The van der Waals surface area contributed by atoms with Crippen molar-refractivity contribution in [3.05, 3.63) is 42.4 Å². The zero-order chi connectivity index (χ0) is 15.5. The van der Waals surface area contributed by atoms with E-state index in [0.29, 0.717) is 5.56 Å². The average molecular weight is 299 g/mol. The molecule has 1 aliphatic heterocycles. The molecule has 0 aromatic carbocycles. The van der Waals surface area contributed by atoms with Gasteiger partial charge in [0.15, 0.2) is 0 Å². The van der Waals surface area contributed by atoms with Gasteiger partial charge in [-0.1, -0.05) is 0 Å². The maximum atomic E-state index is 12.9. The smallest absolute Gasteiger partial charge is 0.257 e. The van der Waals surface area contributed by atoms with Crippen LogP contribution in [0.1, 0.15) is 23.2 Å². The Morgan fingerprint density at radius 3 is 2.95 bits per heavy atom. The molecule has 1 atom stereocenters. The van der Waals surface area contributed by atoms with E-state index in [-0.39, 0.29) is 11.9 Å². The summed E-state index contributed by atoms with van der Waals surface area (Å²) in [5, 5.41) is 4.25. The van der Waals surface area contributed by atoms with Crippen molar-refractivity contribution >= 4 is 11.7 Å². The molecule has 0 saturated carbocycles. The minimum absolute atomic E-state index is 0.0615. The maximum Gasteiger partial charge on any atom is 0.257 e. The third kappa shape index (κ3) is 2.81. The number of aromatic nitrogens is 3. The highest BCUT2D eigenvalue weighted by Crippen LogP contribution is 2.24. The number of hydrogen-bond acceptors (Lipinski definition) is 4. The lowest BCUT2D eigenvalue weighted by atomic mass is 10.1. The summed E-state index contributed by atoms with van der Waals surface area (Å²) in [5.41, 5.74) is 0.667. The summed E-state index contributed by atoms with van der Waals surface area (Å²) in [6.07, 6.45) is 7.48. The molecule has 2 aromatic rings. The Morgan fingerprint density at radius 1 is 1.36 bits per heavy atom. The molecular formula is C16H21N5O. The molecule has 6 nitrogen and oxygen atoms in total. The number of amides is 1. The van der Waals surface area contributed by atoms with Gasteiger partial charge in [0.1, 0.15) is 5.82 Å². The van der Waals surface area contributed by atoms with Crippen LogP contribution in [0.25, 0.3) is 0 Å². The number of pyridine rings is 1. The molecule has 1 fully saturated rings. The number of carbonyl (C=O) groups excluding carboxylic acids is 1. The van der Waals surface area contributed by atoms with Gasteiger partial charge in [-0.2, -0.15) is 5.10 Å². The summed E-state index contributed by atoms with van der Waals surface area (Å²) in [4.78, 5) is 21.1. The van der Waals surface area contributed by atoms with E-state index in [1.807, 2.05) is 53.0 Å². The van der Waals surface area contributed by atoms with Gasteiger partial charge in [-0.3, -0.25) is 9.48 Å². The van der Waals surface area contributed by atoms with Crippen LogP contribution >= 0.6 is 0 Å². The van der Waals surface area contributed by atoms with Crippen molar-refractivity contribution in [3.63, 3.8) is 0 Å². The lowest BCUT2D eigenvalue weighted by Crippen LogP contribution is -2.38. The number of anilines is 1. The first-order valence-electron chi connectivity index (χ1n) is 7.57. The van der Waals surface area contributed by atoms with E-state index < -0.39 is 0 Å². The Labute approximate surface area is 130 Å². The summed E-state index contributed by atoms with van der Waals surface area (Å²) in [6, 6.07) is 5.78. The van der Waals surface area contributed by atoms with E-state index in [9.17, 15) is 4.79 Å². The number of hydrogen-bond donors (Lipinski definition) is 0. The molecule has 1 amide bonds. The van der Waals surface area contributed by atoms with Gasteiger partial charge in [0.25, 0.3) is 5.91 Å². The van der Waals surface area contributed by atoms with Gasteiger partial charge in [-0.05, 0) is 31.0 Å². The van der Waals surface area contributed by atoms with E-state index in [4.69, 9.17) is 0 Å². The second-order valence-corrected chi connectivity index (χ2v) is 5.79.